The average Bonchev–Trinajstić information content (AvgIpc) is 2.97. The van der Waals surface area contributed by atoms with Gasteiger partial charge < -0.3 is 19.9 Å². The Morgan fingerprint density at radius 1 is 1.12 bits per heavy atom. The number of carbonyl (C=O) groups excluding carboxylic acids is 2. The van der Waals surface area contributed by atoms with Crippen molar-refractivity contribution in [1.29, 1.82) is 5.26 Å². The van der Waals surface area contributed by atoms with Crippen LogP contribution in [0.4, 0.5) is 13.6 Å². The van der Waals surface area contributed by atoms with Gasteiger partial charge in [-0.15, -0.1) is 0 Å². The van der Waals surface area contributed by atoms with Gasteiger partial charge in [0.1, 0.15) is 29.7 Å². The number of alkyl halides is 2. The number of aliphatic hydroxyl groups is 1. The molecule has 1 heterocycles. The van der Waals surface area contributed by atoms with E-state index in [1.54, 1.807) is 24.3 Å². The van der Waals surface area contributed by atoms with Gasteiger partial charge in [0.25, 0.3) is 5.91 Å². The van der Waals surface area contributed by atoms with Crippen LogP contribution in [0.3, 0.4) is 0 Å². The number of aliphatic hydroxyl groups excluding tert-OH is 1. The molecule has 1 aliphatic heterocycles. The highest BCUT2D eigenvalue weighted by Crippen LogP contribution is 2.30. The van der Waals surface area contributed by atoms with E-state index < -0.39 is 30.2 Å². The van der Waals surface area contributed by atoms with E-state index in [2.05, 4.69) is 10.1 Å². The van der Waals surface area contributed by atoms with Crippen molar-refractivity contribution in [2.75, 3.05) is 13.2 Å². The lowest BCUT2D eigenvalue weighted by molar-refractivity contribution is -0.132. The zero-order valence-electron chi connectivity index (χ0n) is 17.1. The Labute approximate surface area is 183 Å². The third-order valence-corrected chi connectivity index (χ3v) is 4.97. The van der Waals surface area contributed by atoms with E-state index >= 15 is 0 Å². The first-order valence-corrected chi connectivity index (χ1v) is 9.69. The van der Waals surface area contributed by atoms with Gasteiger partial charge in [0.2, 0.25) is 0 Å². The Morgan fingerprint density at radius 2 is 1.75 bits per heavy atom. The van der Waals surface area contributed by atoms with Gasteiger partial charge in [-0.2, -0.15) is 14.0 Å². The standard InChI is InChI=1S/C22H21F2N3O5/c1-22(15-4-8-18(9-5-15)32-20(23)24)19(29)27(21(30)26-22)12-16(28)13-31-17-6-2-14(3-7-17)10-11-25/h2-9,16,20,28H,10,12-13H2,1H3,(H,26,30)/t16-,22-/m0/s1. The fourth-order valence-corrected chi connectivity index (χ4v) is 3.28. The molecule has 0 bridgehead atoms. The van der Waals surface area contributed by atoms with E-state index in [-0.39, 0.29) is 25.3 Å². The molecule has 0 unspecified atom stereocenters. The third-order valence-electron chi connectivity index (χ3n) is 4.97. The van der Waals surface area contributed by atoms with Crippen LogP contribution in [0, 0.1) is 11.3 Å². The Hall–Kier alpha value is -3.71. The van der Waals surface area contributed by atoms with Crippen molar-refractivity contribution >= 4 is 11.9 Å². The monoisotopic (exact) mass is 445 g/mol. The number of imide groups is 1. The van der Waals surface area contributed by atoms with Gasteiger partial charge in [0, 0.05) is 0 Å². The van der Waals surface area contributed by atoms with Crippen LogP contribution in [0.5, 0.6) is 11.5 Å². The summed E-state index contributed by atoms with van der Waals surface area (Å²) < 4.78 is 34.4. The molecule has 0 radical (unpaired) electrons. The normalized spacial score (nSPS) is 18.9. The number of nitrogens with one attached hydrogen (secondary N) is 1. The highest BCUT2D eigenvalue weighted by molar-refractivity contribution is 6.07. The molecule has 1 saturated heterocycles. The quantitative estimate of drug-likeness (QED) is 0.574. The van der Waals surface area contributed by atoms with Crippen LogP contribution >= 0.6 is 0 Å². The lowest BCUT2D eigenvalue weighted by Gasteiger charge is -2.23. The summed E-state index contributed by atoms with van der Waals surface area (Å²) in [6.45, 7) is -1.94. The molecule has 2 N–H and O–H groups in total. The molecule has 0 aromatic heterocycles. The van der Waals surface area contributed by atoms with E-state index in [9.17, 15) is 23.5 Å². The summed E-state index contributed by atoms with van der Waals surface area (Å²) in [5.74, 6) is -0.196. The summed E-state index contributed by atoms with van der Waals surface area (Å²) in [6, 6.07) is 13.5. The predicted molar refractivity (Wildman–Crippen MR) is 108 cm³/mol. The summed E-state index contributed by atoms with van der Waals surface area (Å²) in [4.78, 5) is 26.2. The molecule has 0 saturated carbocycles. The Kier molecular flexibility index (Phi) is 6.90. The van der Waals surface area contributed by atoms with Crippen molar-refractivity contribution in [1.82, 2.24) is 10.2 Å². The molecular formula is C22H21F2N3O5. The molecule has 1 fully saturated rings. The lowest BCUT2D eigenvalue weighted by Crippen LogP contribution is -2.42. The van der Waals surface area contributed by atoms with Crippen LogP contribution in [-0.4, -0.2) is 47.8 Å². The lowest BCUT2D eigenvalue weighted by atomic mass is 9.92. The van der Waals surface area contributed by atoms with E-state index in [1.807, 2.05) is 6.07 Å². The molecule has 8 nitrogen and oxygen atoms in total. The van der Waals surface area contributed by atoms with Crippen molar-refractivity contribution in [3.05, 3.63) is 59.7 Å². The number of nitriles is 1. The first-order chi connectivity index (χ1) is 15.2. The molecule has 1 aliphatic rings. The number of urea groups is 1. The Morgan fingerprint density at radius 3 is 2.34 bits per heavy atom. The fourth-order valence-electron chi connectivity index (χ4n) is 3.28. The van der Waals surface area contributed by atoms with Crippen molar-refractivity contribution in [2.45, 2.75) is 31.6 Å². The van der Waals surface area contributed by atoms with Crippen molar-refractivity contribution < 1.29 is 33.0 Å². The van der Waals surface area contributed by atoms with Crippen LogP contribution in [0.1, 0.15) is 18.1 Å². The minimum Gasteiger partial charge on any atom is -0.491 e. The summed E-state index contributed by atoms with van der Waals surface area (Å²) in [5, 5.41) is 21.5. The fraction of sp³-hybridized carbons (Fsp3) is 0.318. The van der Waals surface area contributed by atoms with Crippen LogP contribution in [0.15, 0.2) is 48.5 Å². The molecule has 10 heteroatoms. The molecule has 2 aromatic carbocycles. The number of carbonyl (C=O) groups is 2. The van der Waals surface area contributed by atoms with Gasteiger partial charge in [0.15, 0.2) is 0 Å². The maximum Gasteiger partial charge on any atom is 0.387 e. The molecule has 3 amide bonds. The van der Waals surface area contributed by atoms with Gasteiger partial charge in [-0.1, -0.05) is 24.3 Å². The predicted octanol–water partition coefficient (Wildman–Crippen LogP) is 2.56. The van der Waals surface area contributed by atoms with E-state index in [1.165, 1.54) is 31.2 Å². The molecule has 2 aromatic rings. The molecule has 0 spiro atoms. The molecule has 2 atom stereocenters. The van der Waals surface area contributed by atoms with E-state index in [4.69, 9.17) is 10.00 Å². The molecule has 0 aliphatic carbocycles. The number of halogens is 2. The van der Waals surface area contributed by atoms with Gasteiger partial charge in [-0.25, -0.2) is 4.79 Å². The summed E-state index contributed by atoms with van der Waals surface area (Å²) >= 11 is 0. The van der Waals surface area contributed by atoms with Crippen molar-refractivity contribution in [3.8, 4) is 17.6 Å². The summed E-state index contributed by atoms with van der Waals surface area (Å²) in [7, 11) is 0. The van der Waals surface area contributed by atoms with Gasteiger partial charge in [0.05, 0.1) is 19.0 Å². The number of benzene rings is 2. The minimum absolute atomic E-state index is 0.0748. The van der Waals surface area contributed by atoms with Gasteiger partial charge in [-0.3, -0.25) is 9.69 Å². The smallest absolute Gasteiger partial charge is 0.387 e. The first kappa shape index (κ1) is 23.0. The zero-order valence-corrected chi connectivity index (χ0v) is 17.1. The summed E-state index contributed by atoms with van der Waals surface area (Å²) in [5.41, 5.74) is -0.214. The highest BCUT2D eigenvalue weighted by Gasteiger charge is 2.49. The number of ether oxygens (including phenoxy) is 2. The number of β-amino-alcohol motifs (C(OH)–C–C–N with tert-alkyl or cyclic N) is 1. The van der Waals surface area contributed by atoms with Gasteiger partial charge >= 0.3 is 12.6 Å². The number of hydrogen-bond acceptors (Lipinski definition) is 6. The third kappa shape index (κ3) is 5.12. The maximum atomic E-state index is 12.9. The average molecular weight is 445 g/mol. The highest BCUT2D eigenvalue weighted by atomic mass is 19.3. The van der Waals surface area contributed by atoms with Crippen LogP contribution in [-0.2, 0) is 16.8 Å². The summed E-state index contributed by atoms with van der Waals surface area (Å²) in [6.07, 6.45) is -0.872. The number of hydrogen-bond donors (Lipinski definition) is 2. The minimum atomic E-state index is -2.97. The Balaban J connectivity index is 1.60. The second kappa shape index (κ2) is 9.62. The topological polar surface area (TPSA) is 112 Å². The van der Waals surface area contributed by atoms with Crippen molar-refractivity contribution in [3.63, 3.8) is 0 Å². The van der Waals surface area contributed by atoms with E-state index in [0.29, 0.717) is 11.3 Å². The van der Waals surface area contributed by atoms with E-state index in [0.717, 1.165) is 10.5 Å². The number of nitrogens with zero attached hydrogens (tertiary/aromatic N) is 2. The number of rotatable bonds is 9. The Bertz CT molecular complexity index is 1010. The zero-order chi connectivity index (χ0) is 23.3. The molecular weight excluding hydrogens is 424 g/mol. The van der Waals surface area contributed by atoms with Crippen molar-refractivity contribution in [2.24, 2.45) is 0 Å². The number of amides is 3. The first-order valence-electron chi connectivity index (χ1n) is 9.69. The van der Waals surface area contributed by atoms with Gasteiger partial charge in [-0.05, 0) is 42.3 Å². The second-order valence-corrected chi connectivity index (χ2v) is 7.32. The molecule has 168 valence electrons. The molecule has 32 heavy (non-hydrogen) atoms. The SMILES string of the molecule is C[C@@]1(c2ccc(OC(F)F)cc2)NC(=O)N(C[C@H](O)COc2ccc(CC#N)cc2)C1=O. The van der Waals surface area contributed by atoms with Crippen LogP contribution in [0.2, 0.25) is 0 Å². The largest absolute Gasteiger partial charge is 0.491 e. The maximum absolute atomic E-state index is 12.9. The molecule has 3 rings (SSSR count). The van der Waals surface area contributed by atoms with Crippen LogP contribution < -0.4 is 14.8 Å². The van der Waals surface area contributed by atoms with Crippen LogP contribution in [0.25, 0.3) is 0 Å². The second-order valence-electron chi connectivity index (χ2n) is 7.32.